The molecule has 2 N–H and O–H groups in total. The molecular formula is C32H24N2O7. The predicted octanol–water partition coefficient (Wildman–Crippen LogP) is 5.21. The molecule has 5 rings (SSSR count). The van der Waals surface area contributed by atoms with Gasteiger partial charge in [0.2, 0.25) is 0 Å². The Kier molecular flexibility index (Phi) is 7.87. The maximum absolute atomic E-state index is 13.3. The zero-order valence-corrected chi connectivity index (χ0v) is 21.7. The van der Waals surface area contributed by atoms with Crippen molar-refractivity contribution < 1.29 is 33.8 Å². The standard InChI is InChI=1S/C32H24N2O7/c35-29-28(18-23-7-4-8-27(17-23)41-20-22-9-11-24(12-10-22)31(37)38)30(36)34(32(39)33-29)25-13-15-26(16-14-25)40-19-21-5-2-1-3-6-21/h1-18H,19-20H2,(H,37,38)(H,33,35,39)/b28-18-. The predicted molar refractivity (Wildman–Crippen MR) is 150 cm³/mol. The van der Waals surface area contributed by atoms with E-state index in [4.69, 9.17) is 14.6 Å². The maximum atomic E-state index is 13.3. The van der Waals surface area contributed by atoms with Crippen molar-refractivity contribution in [3.8, 4) is 11.5 Å². The molecule has 9 nitrogen and oxygen atoms in total. The number of anilines is 1. The summed E-state index contributed by atoms with van der Waals surface area (Å²) >= 11 is 0. The number of carboxylic acids is 1. The molecule has 0 aromatic heterocycles. The van der Waals surface area contributed by atoms with E-state index in [2.05, 4.69) is 5.32 Å². The molecular weight excluding hydrogens is 524 g/mol. The van der Waals surface area contributed by atoms with Crippen molar-refractivity contribution in [2.75, 3.05) is 4.90 Å². The number of hydrogen-bond acceptors (Lipinski definition) is 6. The van der Waals surface area contributed by atoms with E-state index in [0.29, 0.717) is 23.7 Å². The third-order valence-corrected chi connectivity index (χ3v) is 6.22. The number of hydrogen-bond donors (Lipinski definition) is 2. The molecule has 0 radical (unpaired) electrons. The summed E-state index contributed by atoms with van der Waals surface area (Å²) in [5.74, 6) is -1.54. The average molecular weight is 549 g/mol. The van der Waals surface area contributed by atoms with Gasteiger partial charge in [-0.3, -0.25) is 14.9 Å². The van der Waals surface area contributed by atoms with Gasteiger partial charge in [0.15, 0.2) is 0 Å². The SMILES string of the molecule is O=C1NC(=O)N(c2ccc(OCc3ccccc3)cc2)C(=O)/C1=C\c1cccc(OCc2ccc(C(=O)O)cc2)c1. The fraction of sp³-hybridized carbons (Fsp3) is 0.0625. The first kappa shape index (κ1) is 26.9. The Labute approximate surface area is 235 Å². The number of nitrogens with one attached hydrogen (secondary N) is 1. The molecule has 9 heteroatoms. The Balaban J connectivity index is 1.28. The van der Waals surface area contributed by atoms with Gasteiger partial charge in [-0.15, -0.1) is 0 Å². The summed E-state index contributed by atoms with van der Waals surface area (Å²) in [5, 5.41) is 11.3. The molecule has 1 aliphatic rings. The van der Waals surface area contributed by atoms with Crippen molar-refractivity contribution in [3.63, 3.8) is 0 Å². The van der Waals surface area contributed by atoms with Crippen LogP contribution in [0.1, 0.15) is 27.0 Å². The first-order chi connectivity index (χ1) is 19.9. The minimum Gasteiger partial charge on any atom is -0.489 e. The molecule has 1 aliphatic heterocycles. The third kappa shape index (κ3) is 6.48. The number of ether oxygens (including phenoxy) is 2. The summed E-state index contributed by atoms with van der Waals surface area (Å²) in [6.07, 6.45) is 1.39. The van der Waals surface area contributed by atoms with Gasteiger partial charge in [0.05, 0.1) is 11.3 Å². The molecule has 4 aromatic carbocycles. The highest BCUT2D eigenvalue weighted by atomic mass is 16.5. The summed E-state index contributed by atoms with van der Waals surface area (Å²) in [4.78, 5) is 50.4. The number of urea groups is 1. The number of aromatic carboxylic acids is 1. The topological polar surface area (TPSA) is 122 Å². The van der Waals surface area contributed by atoms with Crippen LogP contribution in [0.25, 0.3) is 6.08 Å². The lowest BCUT2D eigenvalue weighted by molar-refractivity contribution is -0.122. The van der Waals surface area contributed by atoms with Crippen LogP contribution in [0.5, 0.6) is 11.5 Å². The van der Waals surface area contributed by atoms with Crippen LogP contribution >= 0.6 is 0 Å². The van der Waals surface area contributed by atoms with Gasteiger partial charge in [0.25, 0.3) is 11.8 Å². The molecule has 0 bridgehead atoms. The van der Waals surface area contributed by atoms with Crippen molar-refractivity contribution in [2.24, 2.45) is 0 Å². The minimum atomic E-state index is -1.01. The average Bonchev–Trinajstić information content (AvgIpc) is 2.98. The van der Waals surface area contributed by atoms with Gasteiger partial charge >= 0.3 is 12.0 Å². The van der Waals surface area contributed by atoms with E-state index in [1.807, 2.05) is 30.3 Å². The van der Waals surface area contributed by atoms with Crippen LogP contribution in [0.15, 0.2) is 109 Å². The van der Waals surface area contributed by atoms with E-state index in [9.17, 15) is 19.2 Å². The lowest BCUT2D eigenvalue weighted by Gasteiger charge is -2.26. The molecule has 4 aromatic rings. The highest BCUT2D eigenvalue weighted by molar-refractivity contribution is 6.39. The van der Waals surface area contributed by atoms with E-state index in [0.717, 1.165) is 16.0 Å². The molecule has 4 amide bonds. The summed E-state index contributed by atoms with van der Waals surface area (Å²) < 4.78 is 11.6. The van der Waals surface area contributed by atoms with E-state index in [-0.39, 0.29) is 23.4 Å². The van der Waals surface area contributed by atoms with Crippen LogP contribution in [-0.4, -0.2) is 28.9 Å². The zero-order valence-electron chi connectivity index (χ0n) is 21.7. The van der Waals surface area contributed by atoms with Crippen LogP contribution in [-0.2, 0) is 22.8 Å². The lowest BCUT2D eigenvalue weighted by Crippen LogP contribution is -2.54. The summed E-state index contributed by atoms with van der Waals surface area (Å²) in [7, 11) is 0. The molecule has 0 aliphatic carbocycles. The number of carbonyl (C=O) groups is 4. The number of imide groups is 2. The van der Waals surface area contributed by atoms with Gasteiger partial charge < -0.3 is 14.6 Å². The van der Waals surface area contributed by atoms with Gasteiger partial charge in [0.1, 0.15) is 30.3 Å². The number of carboxylic acid groups (broad SMARTS) is 1. The molecule has 0 saturated carbocycles. The third-order valence-electron chi connectivity index (χ3n) is 6.22. The second-order valence-electron chi connectivity index (χ2n) is 9.09. The number of carbonyl (C=O) groups excluding carboxylic acids is 3. The smallest absolute Gasteiger partial charge is 0.335 e. The van der Waals surface area contributed by atoms with Crippen LogP contribution in [0.3, 0.4) is 0 Å². The lowest BCUT2D eigenvalue weighted by atomic mass is 10.1. The summed E-state index contributed by atoms with van der Waals surface area (Å²) in [6, 6.07) is 28.3. The van der Waals surface area contributed by atoms with Gasteiger partial charge in [-0.1, -0.05) is 54.6 Å². The first-order valence-electron chi connectivity index (χ1n) is 12.6. The van der Waals surface area contributed by atoms with Crippen molar-refractivity contribution in [1.29, 1.82) is 0 Å². The van der Waals surface area contributed by atoms with Crippen molar-refractivity contribution in [2.45, 2.75) is 13.2 Å². The Morgan fingerprint density at radius 3 is 2.10 bits per heavy atom. The molecule has 204 valence electrons. The molecule has 1 saturated heterocycles. The minimum absolute atomic E-state index is 0.178. The summed E-state index contributed by atoms with van der Waals surface area (Å²) in [5.41, 5.74) is 2.53. The Bertz CT molecular complexity index is 1630. The number of nitrogens with zero attached hydrogens (tertiary/aromatic N) is 1. The van der Waals surface area contributed by atoms with Crippen molar-refractivity contribution >= 4 is 35.6 Å². The molecule has 1 fully saturated rings. The Morgan fingerprint density at radius 1 is 0.756 bits per heavy atom. The first-order valence-corrected chi connectivity index (χ1v) is 12.6. The molecule has 0 atom stereocenters. The largest absolute Gasteiger partial charge is 0.489 e. The maximum Gasteiger partial charge on any atom is 0.335 e. The van der Waals surface area contributed by atoms with E-state index < -0.39 is 23.8 Å². The highest BCUT2D eigenvalue weighted by Gasteiger charge is 2.36. The quantitative estimate of drug-likeness (QED) is 0.218. The number of rotatable bonds is 9. The monoisotopic (exact) mass is 548 g/mol. The zero-order chi connectivity index (χ0) is 28.8. The summed E-state index contributed by atoms with van der Waals surface area (Å²) in [6.45, 7) is 0.553. The van der Waals surface area contributed by atoms with Gasteiger partial charge in [0, 0.05) is 0 Å². The Hall–Kier alpha value is -5.70. The molecule has 0 unspecified atom stereocenters. The number of benzene rings is 4. The van der Waals surface area contributed by atoms with E-state index in [1.54, 1.807) is 60.7 Å². The second kappa shape index (κ2) is 12.0. The van der Waals surface area contributed by atoms with Crippen LogP contribution in [0, 0.1) is 0 Å². The van der Waals surface area contributed by atoms with E-state index in [1.165, 1.54) is 18.2 Å². The van der Waals surface area contributed by atoms with Crippen molar-refractivity contribution in [1.82, 2.24) is 5.32 Å². The Morgan fingerprint density at radius 2 is 1.41 bits per heavy atom. The van der Waals surface area contributed by atoms with Gasteiger partial charge in [-0.2, -0.15) is 0 Å². The normalized spacial score (nSPS) is 14.1. The second-order valence-corrected chi connectivity index (χ2v) is 9.09. The van der Waals surface area contributed by atoms with Gasteiger partial charge in [-0.05, 0) is 71.3 Å². The molecule has 0 spiro atoms. The number of barbiturate groups is 1. The fourth-order valence-electron chi connectivity index (χ4n) is 4.10. The fourth-order valence-corrected chi connectivity index (χ4v) is 4.10. The molecule has 1 heterocycles. The van der Waals surface area contributed by atoms with E-state index >= 15 is 0 Å². The van der Waals surface area contributed by atoms with Crippen LogP contribution in [0.4, 0.5) is 10.5 Å². The number of amides is 4. The van der Waals surface area contributed by atoms with Crippen molar-refractivity contribution in [3.05, 3.63) is 131 Å². The highest BCUT2D eigenvalue weighted by Crippen LogP contribution is 2.25. The van der Waals surface area contributed by atoms with Crippen LogP contribution in [0.2, 0.25) is 0 Å². The molecule has 41 heavy (non-hydrogen) atoms. The van der Waals surface area contributed by atoms with Gasteiger partial charge in [-0.25, -0.2) is 14.5 Å². The van der Waals surface area contributed by atoms with Crippen LogP contribution < -0.4 is 19.7 Å².